The number of benzene rings is 2. The first-order valence-electron chi connectivity index (χ1n) is 7.16. The van der Waals surface area contributed by atoms with Crippen molar-refractivity contribution in [3.8, 4) is 0 Å². The quantitative estimate of drug-likeness (QED) is 0.705. The fourth-order valence-corrected chi connectivity index (χ4v) is 2.48. The summed E-state index contributed by atoms with van der Waals surface area (Å²) >= 11 is 5.90. The Bertz CT molecular complexity index is 583. The molecule has 0 aliphatic rings. The third-order valence-corrected chi connectivity index (χ3v) is 3.62. The predicted octanol–water partition coefficient (Wildman–Crippen LogP) is 4.43. The predicted molar refractivity (Wildman–Crippen MR) is 87.8 cm³/mol. The van der Waals surface area contributed by atoms with Crippen molar-refractivity contribution < 1.29 is 4.79 Å². The van der Waals surface area contributed by atoms with Crippen molar-refractivity contribution in [2.24, 2.45) is 0 Å². The molecule has 2 rings (SSSR count). The van der Waals surface area contributed by atoms with E-state index < -0.39 is 0 Å². The molecule has 0 saturated heterocycles. The maximum absolute atomic E-state index is 12.1. The van der Waals surface area contributed by atoms with Crippen molar-refractivity contribution in [2.45, 2.75) is 19.4 Å². The maximum atomic E-state index is 12.1. The third kappa shape index (κ3) is 5.33. The molecule has 0 radical (unpaired) electrons. The van der Waals surface area contributed by atoms with E-state index in [0.717, 1.165) is 19.5 Å². The molecule has 0 atom stereocenters. The minimum atomic E-state index is 0.158. The fraction of sp³-hybridized carbons (Fsp3) is 0.278. The van der Waals surface area contributed by atoms with Crippen LogP contribution in [-0.4, -0.2) is 24.3 Å². The summed E-state index contributed by atoms with van der Waals surface area (Å²) in [6.45, 7) is 1.81. The molecule has 0 fully saturated rings. The molecule has 110 valence electrons. The minimum absolute atomic E-state index is 0.158. The SMILES string of the molecule is CN(CCCC(=O)c1cccc(Cl)c1)Cc1ccccc1. The fourth-order valence-electron chi connectivity index (χ4n) is 2.29. The summed E-state index contributed by atoms with van der Waals surface area (Å²) in [7, 11) is 2.08. The van der Waals surface area contributed by atoms with E-state index in [9.17, 15) is 4.79 Å². The van der Waals surface area contributed by atoms with E-state index in [1.165, 1.54) is 5.56 Å². The van der Waals surface area contributed by atoms with Crippen LogP contribution in [0.2, 0.25) is 5.02 Å². The molecular formula is C18H20ClNO. The van der Waals surface area contributed by atoms with Gasteiger partial charge in [0.2, 0.25) is 0 Å². The number of nitrogens with zero attached hydrogens (tertiary/aromatic N) is 1. The van der Waals surface area contributed by atoms with Crippen molar-refractivity contribution in [3.63, 3.8) is 0 Å². The third-order valence-electron chi connectivity index (χ3n) is 3.39. The Hall–Kier alpha value is -1.64. The topological polar surface area (TPSA) is 20.3 Å². The largest absolute Gasteiger partial charge is 0.302 e. The zero-order chi connectivity index (χ0) is 15.1. The smallest absolute Gasteiger partial charge is 0.162 e. The van der Waals surface area contributed by atoms with Crippen LogP contribution >= 0.6 is 11.6 Å². The van der Waals surface area contributed by atoms with E-state index >= 15 is 0 Å². The van der Waals surface area contributed by atoms with Gasteiger partial charge in [-0.3, -0.25) is 4.79 Å². The Morgan fingerprint density at radius 1 is 1.10 bits per heavy atom. The van der Waals surface area contributed by atoms with Gasteiger partial charge >= 0.3 is 0 Å². The van der Waals surface area contributed by atoms with Gasteiger partial charge in [-0.1, -0.05) is 54.1 Å². The van der Waals surface area contributed by atoms with Gasteiger partial charge in [-0.15, -0.1) is 0 Å². The van der Waals surface area contributed by atoms with Crippen LogP contribution in [0.5, 0.6) is 0 Å². The normalized spacial score (nSPS) is 10.8. The van der Waals surface area contributed by atoms with Crippen LogP contribution in [0.1, 0.15) is 28.8 Å². The molecule has 3 heteroatoms. The van der Waals surface area contributed by atoms with Crippen LogP contribution in [0, 0.1) is 0 Å². The van der Waals surface area contributed by atoms with E-state index in [1.807, 2.05) is 30.3 Å². The molecule has 2 aromatic rings. The summed E-state index contributed by atoms with van der Waals surface area (Å²) in [5, 5.41) is 0.613. The molecule has 0 spiro atoms. The molecule has 0 heterocycles. The second-order valence-electron chi connectivity index (χ2n) is 5.26. The van der Waals surface area contributed by atoms with Gasteiger partial charge in [-0.05, 0) is 37.7 Å². The molecule has 2 nitrogen and oxygen atoms in total. The summed E-state index contributed by atoms with van der Waals surface area (Å²) in [5.74, 6) is 0.158. The summed E-state index contributed by atoms with van der Waals surface area (Å²) in [4.78, 5) is 14.3. The Balaban J connectivity index is 1.75. The number of carbonyl (C=O) groups excluding carboxylic acids is 1. The van der Waals surface area contributed by atoms with Crippen molar-refractivity contribution in [2.75, 3.05) is 13.6 Å². The zero-order valence-electron chi connectivity index (χ0n) is 12.3. The summed E-state index contributed by atoms with van der Waals surface area (Å²) < 4.78 is 0. The van der Waals surface area contributed by atoms with Gasteiger partial charge in [0.25, 0.3) is 0 Å². The Morgan fingerprint density at radius 3 is 2.57 bits per heavy atom. The lowest BCUT2D eigenvalue weighted by atomic mass is 10.1. The van der Waals surface area contributed by atoms with Crippen LogP contribution in [0.25, 0.3) is 0 Å². The van der Waals surface area contributed by atoms with Crippen LogP contribution in [0.15, 0.2) is 54.6 Å². The first-order chi connectivity index (χ1) is 10.1. The van der Waals surface area contributed by atoms with E-state index in [2.05, 4.69) is 24.1 Å². The summed E-state index contributed by atoms with van der Waals surface area (Å²) in [6.07, 6.45) is 1.41. The van der Waals surface area contributed by atoms with Gasteiger partial charge in [0.05, 0.1) is 0 Å². The molecule has 0 saturated carbocycles. The lowest BCUT2D eigenvalue weighted by Crippen LogP contribution is -2.19. The molecule has 0 amide bonds. The van der Waals surface area contributed by atoms with E-state index in [-0.39, 0.29) is 5.78 Å². The van der Waals surface area contributed by atoms with E-state index in [1.54, 1.807) is 12.1 Å². The minimum Gasteiger partial charge on any atom is -0.302 e. The van der Waals surface area contributed by atoms with Crippen LogP contribution < -0.4 is 0 Å². The number of rotatable bonds is 7. The molecule has 2 aromatic carbocycles. The zero-order valence-corrected chi connectivity index (χ0v) is 13.0. The molecule has 0 unspecified atom stereocenters. The summed E-state index contributed by atoms with van der Waals surface area (Å²) in [5.41, 5.74) is 1.99. The number of hydrogen-bond acceptors (Lipinski definition) is 2. The molecule has 0 aromatic heterocycles. The first-order valence-corrected chi connectivity index (χ1v) is 7.54. The average Bonchev–Trinajstić information content (AvgIpc) is 2.48. The van der Waals surface area contributed by atoms with Crippen LogP contribution in [-0.2, 0) is 6.54 Å². The van der Waals surface area contributed by atoms with Gasteiger partial charge in [0, 0.05) is 23.6 Å². The second kappa shape index (κ2) is 7.96. The lowest BCUT2D eigenvalue weighted by Gasteiger charge is -2.16. The monoisotopic (exact) mass is 301 g/mol. The van der Waals surface area contributed by atoms with Crippen LogP contribution in [0.4, 0.5) is 0 Å². The number of Topliss-reactive ketones (excluding diaryl/α,β-unsaturated/α-hetero) is 1. The maximum Gasteiger partial charge on any atom is 0.162 e. The highest BCUT2D eigenvalue weighted by Crippen LogP contribution is 2.13. The lowest BCUT2D eigenvalue weighted by molar-refractivity contribution is 0.0976. The number of hydrogen-bond donors (Lipinski definition) is 0. The van der Waals surface area contributed by atoms with E-state index in [4.69, 9.17) is 11.6 Å². The van der Waals surface area contributed by atoms with Gasteiger partial charge < -0.3 is 4.90 Å². The van der Waals surface area contributed by atoms with Crippen molar-refractivity contribution >= 4 is 17.4 Å². The average molecular weight is 302 g/mol. The first kappa shape index (κ1) is 15.7. The highest BCUT2D eigenvalue weighted by Gasteiger charge is 2.07. The van der Waals surface area contributed by atoms with Gasteiger partial charge in [-0.25, -0.2) is 0 Å². The molecule has 0 aliphatic carbocycles. The molecule has 21 heavy (non-hydrogen) atoms. The molecule has 0 aliphatic heterocycles. The van der Waals surface area contributed by atoms with E-state index in [0.29, 0.717) is 17.0 Å². The van der Waals surface area contributed by atoms with Crippen molar-refractivity contribution in [1.29, 1.82) is 0 Å². The highest BCUT2D eigenvalue weighted by atomic mass is 35.5. The number of ketones is 1. The molecular weight excluding hydrogens is 282 g/mol. The second-order valence-corrected chi connectivity index (χ2v) is 5.70. The molecule has 0 N–H and O–H groups in total. The van der Waals surface area contributed by atoms with Gasteiger partial charge in [-0.2, -0.15) is 0 Å². The Labute approximate surface area is 131 Å². The van der Waals surface area contributed by atoms with Crippen LogP contribution in [0.3, 0.4) is 0 Å². The van der Waals surface area contributed by atoms with Gasteiger partial charge in [0.15, 0.2) is 5.78 Å². The Morgan fingerprint density at radius 2 is 1.86 bits per heavy atom. The Kier molecular flexibility index (Phi) is 5.97. The summed E-state index contributed by atoms with van der Waals surface area (Å²) in [6, 6.07) is 17.5. The van der Waals surface area contributed by atoms with Crippen molar-refractivity contribution in [3.05, 3.63) is 70.7 Å². The molecule has 0 bridgehead atoms. The highest BCUT2D eigenvalue weighted by molar-refractivity contribution is 6.31. The van der Waals surface area contributed by atoms with Gasteiger partial charge in [0.1, 0.15) is 0 Å². The number of carbonyl (C=O) groups is 1. The standard InChI is InChI=1S/C18H20ClNO/c1-20(14-15-7-3-2-4-8-15)12-6-11-18(21)16-9-5-10-17(19)13-16/h2-5,7-10,13H,6,11-12,14H2,1H3. The number of halogens is 1. The van der Waals surface area contributed by atoms with Crippen molar-refractivity contribution in [1.82, 2.24) is 4.90 Å².